The third-order valence-electron chi connectivity index (χ3n) is 5.20. The third-order valence-corrected chi connectivity index (χ3v) is 6.05. The van der Waals surface area contributed by atoms with Crippen molar-refractivity contribution in [3.63, 3.8) is 0 Å². The first-order valence-corrected chi connectivity index (χ1v) is 11.0. The van der Waals surface area contributed by atoms with Gasteiger partial charge in [-0.25, -0.2) is 4.39 Å². The number of hydrogen-bond acceptors (Lipinski definition) is 5. The zero-order chi connectivity index (χ0) is 22.5. The van der Waals surface area contributed by atoms with E-state index in [1.165, 1.54) is 29.7 Å². The zero-order valence-electron chi connectivity index (χ0n) is 17.1. The fourth-order valence-corrected chi connectivity index (χ4v) is 4.27. The van der Waals surface area contributed by atoms with Crippen LogP contribution >= 0.6 is 11.3 Å². The Balaban J connectivity index is 1.46. The van der Waals surface area contributed by atoms with Crippen LogP contribution in [0.1, 0.15) is 33.0 Å². The summed E-state index contributed by atoms with van der Waals surface area (Å²) in [7, 11) is 0. The largest absolute Gasteiger partial charge is 0.337 e. The van der Waals surface area contributed by atoms with Gasteiger partial charge < -0.3 is 15.5 Å². The predicted molar refractivity (Wildman–Crippen MR) is 120 cm³/mol. The summed E-state index contributed by atoms with van der Waals surface area (Å²) in [6, 6.07) is 12.3. The molecule has 1 unspecified atom stereocenters. The number of benzene rings is 1. The summed E-state index contributed by atoms with van der Waals surface area (Å²) in [5.74, 6) is -1.87. The molecule has 1 saturated heterocycles. The van der Waals surface area contributed by atoms with Crippen LogP contribution in [0.3, 0.4) is 0 Å². The summed E-state index contributed by atoms with van der Waals surface area (Å²) in [6.45, 7) is 0.874. The van der Waals surface area contributed by atoms with Crippen molar-refractivity contribution in [3.05, 3.63) is 76.5 Å². The average molecular weight is 453 g/mol. The number of nitrogens with zero attached hydrogens (tertiary/aromatic N) is 2. The molecule has 0 radical (unpaired) electrons. The number of piperidine rings is 1. The van der Waals surface area contributed by atoms with Gasteiger partial charge in [0.15, 0.2) is 0 Å². The van der Waals surface area contributed by atoms with Gasteiger partial charge in [-0.1, -0.05) is 12.1 Å². The van der Waals surface area contributed by atoms with E-state index in [2.05, 4.69) is 15.6 Å². The summed E-state index contributed by atoms with van der Waals surface area (Å²) in [6.07, 6.45) is 2.81. The van der Waals surface area contributed by atoms with Crippen LogP contribution in [0, 0.1) is 11.7 Å². The van der Waals surface area contributed by atoms with Gasteiger partial charge in [0, 0.05) is 19.3 Å². The van der Waals surface area contributed by atoms with E-state index in [9.17, 15) is 18.8 Å². The molecule has 0 aliphatic carbocycles. The molecule has 3 amide bonds. The van der Waals surface area contributed by atoms with Gasteiger partial charge in [0.05, 0.1) is 22.2 Å². The number of likely N-dealkylation sites (tertiary alicyclic amines) is 1. The molecule has 1 aromatic carbocycles. The van der Waals surface area contributed by atoms with E-state index in [1.807, 2.05) is 11.4 Å². The number of aromatic nitrogens is 1. The Morgan fingerprint density at radius 3 is 2.69 bits per heavy atom. The standard InChI is InChI=1S/C23H21FN4O3S/c24-16-8-9-17(26-22(30)18-6-1-2-10-25-18)19(13-16)27-21(29)15-5-3-11-28(14-15)23(31)20-7-4-12-32-20/h1-2,4,6-10,12-13,15H,3,5,11,14H2,(H,26,30)(H,27,29). The lowest BCUT2D eigenvalue weighted by atomic mass is 9.96. The van der Waals surface area contributed by atoms with Crippen LogP contribution in [0.25, 0.3) is 0 Å². The topological polar surface area (TPSA) is 91.4 Å². The minimum absolute atomic E-state index is 0.0911. The average Bonchev–Trinajstić information content (AvgIpc) is 3.36. The second kappa shape index (κ2) is 9.69. The molecule has 7 nitrogen and oxygen atoms in total. The first-order chi connectivity index (χ1) is 15.5. The molecule has 0 spiro atoms. The second-order valence-corrected chi connectivity index (χ2v) is 8.36. The van der Waals surface area contributed by atoms with E-state index >= 15 is 0 Å². The molecule has 4 rings (SSSR count). The van der Waals surface area contributed by atoms with Crippen LogP contribution in [0.5, 0.6) is 0 Å². The number of halogens is 1. The van der Waals surface area contributed by atoms with Crippen molar-refractivity contribution < 1.29 is 18.8 Å². The zero-order valence-corrected chi connectivity index (χ0v) is 17.9. The van der Waals surface area contributed by atoms with Crippen molar-refractivity contribution in [3.8, 4) is 0 Å². The Hall–Kier alpha value is -3.59. The Labute approximate surface area is 188 Å². The summed E-state index contributed by atoms with van der Waals surface area (Å²) in [5.41, 5.74) is 0.614. The first kappa shape index (κ1) is 21.6. The van der Waals surface area contributed by atoms with Gasteiger partial charge in [-0.3, -0.25) is 19.4 Å². The molecule has 164 valence electrons. The van der Waals surface area contributed by atoms with Crippen LogP contribution < -0.4 is 10.6 Å². The van der Waals surface area contributed by atoms with Gasteiger partial charge in [-0.15, -0.1) is 11.3 Å². The van der Waals surface area contributed by atoms with Crippen molar-refractivity contribution >= 4 is 40.4 Å². The SMILES string of the molecule is O=C(Nc1ccc(F)cc1NC(=O)C1CCCN(C(=O)c2cccs2)C1)c1ccccn1. The van der Waals surface area contributed by atoms with Gasteiger partial charge in [0.1, 0.15) is 11.5 Å². The molecular formula is C23H21FN4O3S. The summed E-state index contributed by atoms with van der Waals surface area (Å²) in [4.78, 5) is 44.3. The Morgan fingerprint density at radius 2 is 1.94 bits per heavy atom. The predicted octanol–water partition coefficient (Wildman–Crippen LogP) is 4.03. The molecule has 1 aliphatic rings. The van der Waals surface area contributed by atoms with Crippen molar-refractivity contribution in [1.29, 1.82) is 0 Å². The maximum absolute atomic E-state index is 13.9. The number of carbonyl (C=O) groups excluding carboxylic acids is 3. The molecule has 0 saturated carbocycles. The van der Waals surface area contributed by atoms with Crippen LogP contribution in [0.2, 0.25) is 0 Å². The lowest BCUT2D eigenvalue weighted by molar-refractivity contribution is -0.121. The van der Waals surface area contributed by atoms with Gasteiger partial charge in [-0.2, -0.15) is 0 Å². The van der Waals surface area contributed by atoms with Crippen molar-refractivity contribution in [2.45, 2.75) is 12.8 Å². The van der Waals surface area contributed by atoms with E-state index in [-0.39, 0.29) is 35.4 Å². The van der Waals surface area contributed by atoms with Gasteiger partial charge >= 0.3 is 0 Å². The number of carbonyl (C=O) groups is 3. The highest BCUT2D eigenvalue weighted by Gasteiger charge is 2.29. The Morgan fingerprint density at radius 1 is 1.06 bits per heavy atom. The summed E-state index contributed by atoms with van der Waals surface area (Å²) in [5, 5.41) is 7.22. The smallest absolute Gasteiger partial charge is 0.274 e. The fraction of sp³-hybridized carbons (Fsp3) is 0.217. The molecule has 3 heterocycles. The first-order valence-electron chi connectivity index (χ1n) is 10.2. The Kier molecular flexibility index (Phi) is 6.55. The van der Waals surface area contributed by atoms with Gasteiger partial charge in [0.25, 0.3) is 11.8 Å². The highest BCUT2D eigenvalue weighted by Crippen LogP contribution is 2.26. The monoisotopic (exact) mass is 452 g/mol. The molecule has 9 heteroatoms. The van der Waals surface area contributed by atoms with Gasteiger partial charge in [0.2, 0.25) is 5.91 Å². The maximum Gasteiger partial charge on any atom is 0.274 e. The van der Waals surface area contributed by atoms with Gasteiger partial charge in [-0.05, 0) is 54.6 Å². The number of anilines is 2. The van der Waals surface area contributed by atoms with E-state index in [1.54, 1.807) is 29.2 Å². The summed E-state index contributed by atoms with van der Waals surface area (Å²) >= 11 is 1.37. The molecule has 0 bridgehead atoms. The Bertz CT molecular complexity index is 1120. The lowest BCUT2D eigenvalue weighted by Crippen LogP contribution is -2.43. The highest BCUT2D eigenvalue weighted by molar-refractivity contribution is 7.12. The molecule has 3 aromatic rings. The van der Waals surface area contributed by atoms with Crippen LogP contribution in [-0.4, -0.2) is 40.7 Å². The van der Waals surface area contributed by atoms with Crippen molar-refractivity contribution in [2.75, 3.05) is 23.7 Å². The number of pyridine rings is 1. The molecule has 1 atom stereocenters. The number of thiophene rings is 1. The van der Waals surface area contributed by atoms with Crippen molar-refractivity contribution in [2.24, 2.45) is 5.92 Å². The summed E-state index contributed by atoms with van der Waals surface area (Å²) < 4.78 is 13.9. The molecule has 1 fully saturated rings. The quantitative estimate of drug-likeness (QED) is 0.612. The van der Waals surface area contributed by atoms with E-state index in [0.29, 0.717) is 24.3 Å². The minimum Gasteiger partial charge on any atom is -0.337 e. The molecule has 2 aromatic heterocycles. The molecule has 32 heavy (non-hydrogen) atoms. The number of hydrogen-bond donors (Lipinski definition) is 2. The van der Waals surface area contributed by atoms with E-state index < -0.39 is 17.6 Å². The fourth-order valence-electron chi connectivity index (χ4n) is 3.58. The second-order valence-electron chi connectivity index (χ2n) is 7.42. The number of nitrogens with one attached hydrogen (secondary N) is 2. The molecule has 2 N–H and O–H groups in total. The van der Waals surface area contributed by atoms with Crippen LogP contribution in [0.15, 0.2) is 60.1 Å². The van der Waals surface area contributed by atoms with E-state index in [0.717, 1.165) is 6.07 Å². The normalized spacial score (nSPS) is 15.8. The van der Waals surface area contributed by atoms with Crippen LogP contribution in [0.4, 0.5) is 15.8 Å². The van der Waals surface area contributed by atoms with E-state index in [4.69, 9.17) is 0 Å². The van der Waals surface area contributed by atoms with Crippen molar-refractivity contribution in [1.82, 2.24) is 9.88 Å². The lowest BCUT2D eigenvalue weighted by Gasteiger charge is -2.32. The molecule has 1 aliphatic heterocycles. The van der Waals surface area contributed by atoms with Crippen LogP contribution in [-0.2, 0) is 4.79 Å². The minimum atomic E-state index is -0.547. The number of rotatable bonds is 5. The molecular weight excluding hydrogens is 431 g/mol. The highest BCUT2D eigenvalue weighted by atomic mass is 32.1. The maximum atomic E-state index is 13.9. The number of amides is 3. The third kappa shape index (κ3) is 5.00.